The number of benzene rings is 2. The van der Waals surface area contributed by atoms with Gasteiger partial charge in [-0.25, -0.2) is 4.98 Å². The molecule has 1 aromatic heterocycles. The molecule has 6 rings (SSSR count). The number of aromatic nitrogens is 2. The van der Waals surface area contributed by atoms with Gasteiger partial charge < -0.3 is 29.7 Å². The van der Waals surface area contributed by atoms with Crippen LogP contribution in [0.25, 0.3) is 0 Å². The standard InChI is InChI=1S/C28H32Cl2N7O3P/c1-17(38)36-13-19(14-36)35-8-9-37-20(15-35)16-40-24-11-18(10-21(29)26(24)37)32-28-31-12-22(30)27(34-28)33-23-6-4-5-7-25(23)41(2,3)39/h4-7,10-12,19-20H,8-9,13-16H2,1-3H3,(H2,31,32,33,34)/t20-/m1/s1. The third-order valence-corrected chi connectivity index (χ3v) is 9.94. The topological polar surface area (TPSA) is 103 Å². The maximum atomic E-state index is 12.8. The molecule has 0 radical (unpaired) electrons. The molecule has 41 heavy (non-hydrogen) atoms. The molecular weight excluding hydrogens is 584 g/mol. The maximum Gasteiger partial charge on any atom is 0.229 e. The van der Waals surface area contributed by atoms with Crippen molar-refractivity contribution in [1.29, 1.82) is 0 Å². The number of piperazine rings is 1. The quantitative estimate of drug-likeness (QED) is 0.384. The highest BCUT2D eigenvalue weighted by Crippen LogP contribution is 2.44. The van der Waals surface area contributed by atoms with Crippen molar-refractivity contribution in [3.63, 3.8) is 0 Å². The van der Waals surface area contributed by atoms with E-state index in [0.29, 0.717) is 56.9 Å². The first-order valence-electron chi connectivity index (χ1n) is 13.5. The molecule has 4 heterocycles. The second-order valence-electron chi connectivity index (χ2n) is 11.0. The van der Waals surface area contributed by atoms with Crippen LogP contribution in [0.5, 0.6) is 5.75 Å². The molecule has 216 valence electrons. The van der Waals surface area contributed by atoms with E-state index in [0.717, 1.165) is 38.4 Å². The Balaban J connectivity index is 1.17. The molecule has 0 unspecified atom stereocenters. The molecule has 2 N–H and O–H groups in total. The van der Waals surface area contributed by atoms with Crippen molar-refractivity contribution in [2.45, 2.75) is 19.0 Å². The average molecular weight is 616 g/mol. The van der Waals surface area contributed by atoms with Gasteiger partial charge in [0.2, 0.25) is 11.9 Å². The summed E-state index contributed by atoms with van der Waals surface area (Å²) < 4.78 is 19.0. The van der Waals surface area contributed by atoms with E-state index in [-0.39, 0.29) is 11.9 Å². The van der Waals surface area contributed by atoms with E-state index in [1.54, 1.807) is 20.3 Å². The van der Waals surface area contributed by atoms with Crippen molar-refractivity contribution in [3.8, 4) is 5.75 Å². The molecule has 2 fully saturated rings. The Morgan fingerprint density at radius 3 is 2.59 bits per heavy atom. The lowest BCUT2D eigenvalue weighted by molar-refractivity contribution is -0.136. The zero-order valence-electron chi connectivity index (χ0n) is 23.1. The van der Waals surface area contributed by atoms with E-state index in [4.69, 9.17) is 27.9 Å². The predicted molar refractivity (Wildman–Crippen MR) is 165 cm³/mol. The number of ether oxygens (including phenoxy) is 1. The Bertz CT molecular complexity index is 1550. The number of carbonyl (C=O) groups excluding carboxylic acids is 1. The minimum Gasteiger partial charge on any atom is -0.489 e. The fraction of sp³-hybridized carbons (Fsp3) is 0.393. The van der Waals surface area contributed by atoms with E-state index in [1.807, 2.05) is 41.3 Å². The molecule has 2 aromatic carbocycles. The average Bonchev–Trinajstić information content (AvgIpc) is 2.89. The molecule has 0 aliphatic carbocycles. The van der Waals surface area contributed by atoms with Crippen molar-refractivity contribution >= 4 is 70.4 Å². The van der Waals surface area contributed by atoms with Crippen LogP contribution in [0.1, 0.15) is 6.92 Å². The van der Waals surface area contributed by atoms with Crippen molar-refractivity contribution in [2.24, 2.45) is 0 Å². The highest BCUT2D eigenvalue weighted by atomic mass is 35.5. The summed E-state index contributed by atoms with van der Waals surface area (Å²) in [6, 6.07) is 11.8. The highest BCUT2D eigenvalue weighted by Gasteiger charge is 2.40. The number of hydrogen-bond acceptors (Lipinski definition) is 9. The van der Waals surface area contributed by atoms with Gasteiger partial charge in [-0.1, -0.05) is 35.3 Å². The molecule has 3 aliphatic rings. The van der Waals surface area contributed by atoms with Crippen LogP contribution in [0, 0.1) is 0 Å². The van der Waals surface area contributed by atoms with Crippen molar-refractivity contribution in [2.75, 3.05) is 68.2 Å². The van der Waals surface area contributed by atoms with Crippen molar-refractivity contribution < 1.29 is 14.1 Å². The number of para-hydroxylation sites is 1. The molecule has 2 saturated heterocycles. The number of hydrogen-bond donors (Lipinski definition) is 2. The number of halogens is 2. The van der Waals surface area contributed by atoms with Crippen LogP contribution in [-0.2, 0) is 9.36 Å². The van der Waals surface area contributed by atoms with Gasteiger partial charge in [-0.2, -0.15) is 4.98 Å². The lowest BCUT2D eigenvalue weighted by Crippen LogP contribution is -2.67. The van der Waals surface area contributed by atoms with E-state index in [2.05, 4.69) is 30.4 Å². The van der Waals surface area contributed by atoms with Crippen LogP contribution in [0.15, 0.2) is 42.6 Å². The molecule has 1 atom stereocenters. The zero-order valence-corrected chi connectivity index (χ0v) is 25.5. The Morgan fingerprint density at radius 2 is 1.83 bits per heavy atom. The summed E-state index contributed by atoms with van der Waals surface area (Å²) in [6.07, 6.45) is 1.51. The van der Waals surface area contributed by atoms with E-state index in [1.165, 1.54) is 6.20 Å². The first kappa shape index (κ1) is 28.1. The summed E-state index contributed by atoms with van der Waals surface area (Å²) in [5.41, 5.74) is 2.26. The lowest BCUT2D eigenvalue weighted by Gasteiger charge is -2.52. The van der Waals surface area contributed by atoms with Gasteiger partial charge in [0.1, 0.15) is 24.5 Å². The summed E-state index contributed by atoms with van der Waals surface area (Å²) in [5.74, 6) is 1.56. The van der Waals surface area contributed by atoms with E-state index in [9.17, 15) is 9.36 Å². The first-order chi connectivity index (χ1) is 19.6. The maximum absolute atomic E-state index is 12.8. The minimum absolute atomic E-state index is 0.136. The Kier molecular flexibility index (Phi) is 7.53. The van der Waals surface area contributed by atoms with Crippen molar-refractivity contribution in [1.82, 2.24) is 19.8 Å². The first-order valence-corrected chi connectivity index (χ1v) is 16.9. The van der Waals surface area contributed by atoms with Gasteiger partial charge in [0.25, 0.3) is 0 Å². The fourth-order valence-corrected chi connectivity index (χ4v) is 7.25. The van der Waals surface area contributed by atoms with Crippen LogP contribution in [0.4, 0.5) is 28.8 Å². The van der Waals surface area contributed by atoms with Crippen LogP contribution in [-0.4, -0.2) is 90.4 Å². The van der Waals surface area contributed by atoms with Gasteiger partial charge in [0, 0.05) is 62.7 Å². The molecule has 0 bridgehead atoms. The van der Waals surface area contributed by atoms with E-state index >= 15 is 0 Å². The van der Waals surface area contributed by atoms with E-state index < -0.39 is 7.14 Å². The molecule has 13 heteroatoms. The molecule has 1 amide bonds. The molecular formula is C28H32Cl2N7O3P. The smallest absolute Gasteiger partial charge is 0.229 e. The summed E-state index contributed by atoms with van der Waals surface area (Å²) in [6.45, 7) is 9.83. The molecule has 10 nitrogen and oxygen atoms in total. The van der Waals surface area contributed by atoms with Crippen LogP contribution < -0.4 is 25.6 Å². The largest absolute Gasteiger partial charge is 0.489 e. The predicted octanol–water partition coefficient (Wildman–Crippen LogP) is 4.63. The van der Waals surface area contributed by atoms with Gasteiger partial charge in [0.15, 0.2) is 5.82 Å². The second kappa shape index (κ2) is 11.0. The van der Waals surface area contributed by atoms with Gasteiger partial charge in [0.05, 0.1) is 28.6 Å². The summed E-state index contributed by atoms with van der Waals surface area (Å²) in [7, 11) is -2.53. The van der Waals surface area contributed by atoms with Crippen molar-refractivity contribution in [3.05, 3.63) is 52.6 Å². The summed E-state index contributed by atoms with van der Waals surface area (Å²) >= 11 is 13.2. The van der Waals surface area contributed by atoms with Crippen LogP contribution in [0.3, 0.4) is 0 Å². The number of amides is 1. The Morgan fingerprint density at radius 1 is 1.05 bits per heavy atom. The number of likely N-dealkylation sites (tertiary alicyclic amines) is 1. The Hall–Kier alpha value is -3.04. The molecule has 0 spiro atoms. The number of rotatable bonds is 6. The van der Waals surface area contributed by atoms with Gasteiger partial charge in [-0.15, -0.1) is 0 Å². The number of nitrogens with zero attached hydrogens (tertiary/aromatic N) is 5. The second-order valence-corrected chi connectivity index (χ2v) is 15.0. The van der Waals surface area contributed by atoms with Crippen LogP contribution >= 0.6 is 30.3 Å². The highest BCUT2D eigenvalue weighted by molar-refractivity contribution is 7.70. The molecule has 0 saturated carbocycles. The Labute approximate surface area is 249 Å². The monoisotopic (exact) mass is 615 g/mol. The zero-order chi connectivity index (χ0) is 28.9. The third kappa shape index (κ3) is 5.71. The van der Waals surface area contributed by atoms with Gasteiger partial charge >= 0.3 is 0 Å². The third-order valence-electron chi connectivity index (χ3n) is 7.82. The van der Waals surface area contributed by atoms with Gasteiger partial charge in [-0.05, 0) is 31.5 Å². The number of carbonyl (C=O) groups is 1. The molecule has 3 aliphatic heterocycles. The van der Waals surface area contributed by atoms with Gasteiger partial charge in [-0.3, -0.25) is 9.69 Å². The number of nitrogens with one attached hydrogen (secondary N) is 2. The number of fused-ring (bicyclic) bond motifs is 3. The van der Waals surface area contributed by atoms with Crippen LogP contribution in [0.2, 0.25) is 10.0 Å². The fourth-order valence-electron chi connectivity index (χ4n) is 5.63. The number of anilines is 5. The minimum atomic E-state index is -2.53. The molecule has 3 aromatic rings. The summed E-state index contributed by atoms with van der Waals surface area (Å²) in [5, 5.41) is 8.06. The summed E-state index contributed by atoms with van der Waals surface area (Å²) in [4.78, 5) is 27.2. The normalized spacial score (nSPS) is 19.1. The lowest BCUT2D eigenvalue weighted by atomic mass is 10.0. The SMILES string of the molecule is CC(=O)N1CC(N2CCN3c4c(Cl)cc(Nc5ncc(Cl)c(Nc6ccccc6P(C)(C)=O)n5)cc4OC[C@H]3C2)C1.